The lowest BCUT2D eigenvalue weighted by Gasteiger charge is -2.20. The summed E-state index contributed by atoms with van der Waals surface area (Å²) in [6, 6.07) is 0. The van der Waals surface area contributed by atoms with Gasteiger partial charge in [0.15, 0.2) is 0 Å². The molecule has 0 fully saturated rings. The summed E-state index contributed by atoms with van der Waals surface area (Å²) in [6.07, 6.45) is 0.926. The van der Waals surface area contributed by atoms with Gasteiger partial charge in [0.05, 0.1) is 5.69 Å². The molecule has 0 saturated heterocycles. The first kappa shape index (κ1) is 12.5. The molecule has 0 radical (unpaired) electrons. The van der Waals surface area contributed by atoms with Crippen molar-refractivity contribution in [2.75, 3.05) is 6.54 Å². The van der Waals surface area contributed by atoms with Crippen LogP contribution in [0.4, 0.5) is 0 Å². The van der Waals surface area contributed by atoms with Gasteiger partial charge in [0.2, 0.25) is 0 Å². The third-order valence-electron chi connectivity index (χ3n) is 2.30. The number of rotatable bonds is 3. The third-order valence-corrected chi connectivity index (χ3v) is 2.77. The maximum absolute atomic E-state index is 6.14. The average Bonchev–Trinajstić information content (AvgIpc) is 2.29. The average molecular weight is 230 g/mol. The molecule has 3 nitrogen and oxygen atoms in total. The predicted octanol–water partition coefficient (Wildman–Crippen LogP) is 2.31. The highest BCUT2D eigenvalue weighted by Crippen LogP contribution is 2.18. The number of hydrogen-bond donors (Lipinski definition) is 1. The van der Waals surface area contributed by atoms with Crippen LogP contribution in [0, 0.1) is 6.92 Å². The summed E-state index contributed by atoms with van der Waals surface area (Å²) >= 11 is 6.14. The summed E-state index contributed by atoms with van der Waals surface area (Å²) in [5.41, 5.74) is 2.33. The number of nitrogens with zero attached hydrogens (tertiary/aromatic N) is 2. The zero-order valence-electron chi connectivity index (χ0n) is 10.2. The van der Waals surface area contributed by atoms with E-state index in [4.69, 9.17) is 11.6 Å². The van der Waals surface area contributed by atoms with E-state index in [2.05, 4.69) is 31.2 Å². The fourth-order valence-electron chi connectivity index (χ4n) is 1.52. The molecule has 1 rings (SSSR count). The minimum absolute atomic E-state index is 0.155. The van der Waals surface area contributed by atoms with E-state index >= 15 is 0 Å². The zero-order chi connectivity index (χ0) is 11.6. The summed E-state index contributed by atoms with van der Waals surface area (Å²) in [6.45, 7) is 9.40. The van der Waals surface area contributed by atoms with Gasteiger partial charge < -0.3 is 5.32 Å². The lowest BCUT2D eigenvalue weighted by atomic mass is 10.1. The fraction of sp³-hybridized carbons (Fsp3) is 0.727. The molecule has 0 aliphatic carbocycles. The highest BCUT2D eigenvalue weighted by atomic mass is 35.5. The quantitative estimate of drug-likeness (QED) is 0.862. The minimum atomic E-state index is 0.155. The predicted molar refractivity (Wildman–Crippen MR) is 64.4 cm³/mol. The Morgan fingerprint density at radius 2 is 2.00 bits per heavy atom. The molecule has 0 atom stereocenters. The molecule has 0 aromatic carbocycles. The lowest BCUT2D eigenvalue weighted by molar-refractivity contribution is 0.429. The second-order valence-electron chi connectivity index (χ2n) is 4.91. The molecule has 1 aromatic heterocycles. The second-order valence-corrected chi connectivity index (χ2v) is 5.26. The van der Waals surface area contributed by atoms with Crippen molar-refractivity contribution >= 4 is 11.6 Å². The van der Waals surface area contributed by atoms with Crippen molar-refractivity contribution < 1.29 is 0 Å². The molecule has 86 valence electrons. The van der Waals surface area contributed by atoms with Gasteiger partial charge in [-0.15, -0.1) is 0 Å². The lowest BCUT2D eigenvalue weighted by Crippen LogP contribution is -2.37. The normalized spacial score (nSPS) is 12.1. The summed E-state index contributed by atoms with van der Waals surface area (Å²) in [5, 5.41) is 8.47. The molecule has 0 spiro atoms. The summed E-state index contributed by atoms with van der Waals surface area (Å²) in [7, 11) is 1.87. The van der Waals surface area contributed by atoms with E-state index in [0.29, 0.717) is 0 Å². The molecule has 15 heavy (non-hydrogen) atoms. The Labute approximate surface area is 96.8 Å². The monoisotopic (exact) mass is 229 g/mol. The van der Waals surface area contributed by atoms with Gasteiger partial charge in [-0.25, -0.2) is 0 Å². The number of aromatic nitrogens is 2. The van der Waals surface area contributed by atoms with Crippen LogP contribution in [-0.2, 0) is 13.5 Å². The van der Waals surface area contributed by atoms with E-state index in [9.17, 15) is 0 Å². The van der Waals surface area contributed by atoms with Crippen LogP contribution in [0.15, 0.2) is 0 Å². The Morgan fingerprint density at radius 3 is 2.40 bits per heavy atom. The maximum atomic E-state index is 6.14. The van der Waals surface area contributed by atoms with Gasteiger partial charge >= 0.3 is 0 Å². The highest BCUT2D eigenvalue weighted by Gasteiger charge is 2.12. The van der Waals surface area contributed by atoms with E-state index < -0.39 is 0 Å². The van der Waals surface area contributed by atoms with E-state index in [1.807, 2.05) is 14.0 Å². The molecule has 0 unspecified atom stereocenters. The SMILES string of the molecule is Cc1nn(C)c(Cl)c1CCNC(C)(C)C. The molecule has 0 bridgehead atoms. The van der Waals surface area contributed by atoms with Gasteiger partial charge in [0.1, 0.15) is 5.15 Å². The smallest absolute Gasteiger partial charge is 0.130 e. The number of aryl methyl sites for hydroxylation is 2. The Hall–Kier alpha value is -0.540. The number of hydrogen-bond acceptors (Lipinski definition) is 2. The van der Waals surface area contributed by atoms with E-state index in [-0.39, 0.29) is 5.54 Å². The molecule has 1 aromatic rings. The zero-order valence-corrected chi connectivity index (χ0v) is 10.9. The highest BCUT2D eigenvalue weighted by molar-refractivity contribution is 6.30. The Morgan fingerprint density at radius 1 is 1.40 bits per heavy atom. The van der Waals surface area contributed by atoms with Crippen LogP contribution < -0.4 is 5.32 Å². The van der Waals surface area contributed by atoms with Gasteiger partial charge in [0.25, 0.3) is 0 Å². The van der Waals surface area contributed by atoms with Crippen LogP contribution in [0.5, 0.6) is 0 Å². The Kier molecular flexibility index (Phi) is 3.79. The molecule has 1 N–H and O–H groups in total. The second kappa shape index (κ2) is 4.54. The van der Waals surface area contributed by atoms with Crippen molar-refractivity contribution in [1.29, 1.82) is 0 Å². The third kappa shape index (κ3) is 3.50. The summed E-state index contributed by atoms with van der Waals surface area (Å²) < 4.78 is 1.73. The maximum Gasteiger partial charge on any atom is 0.130 e. The number of nitrogens with one attached hydrogen (secondary N) is 1. The van der Waals surface area contributed by atoms with Gasteiger partial charge in [-0.3, -0.25) is 4.68 Å². The Balaban J connectivity index is 2.58. The molecular weight excluding hydrogens is 210 g/mol. The Bertz CT molecular complexity index is 336. The van der Waals surface area contributed by atoms with Crippen molar-refractivity contribution in [2.45, 2.75) is 39.7 Å². The van der Waals surface area contributed by atoms with Crippen LogP contribution in [0.1, 0.15) is 32.0 Å². The standard InChI is InChI=1S/C11H20ClN3/c1-8-9(10(12)15(5)14-8)6-7-13-11(2,3)4/h13H,6-7H2,1-5H3. The topological polar surface area (TPSA) is 29.9 Å². The van der Waals surface area contributed by atoms with E-state index in [1.54, 1.807) is 4.68 Å². The molecule has 0 aliphatic heterocycles. The summed E-state index contributed by atoms with van der Waals surface area (Å²) in [4.78, 5) is 0. The van der Waals surface area contributed by atoms with E-state index in [1.165, 1.54) is 0 Å². The first-order valence-electron chi connectivity index (χ1n) is 5.24. The van der Waals surface area contributed by atoms with Crippen LogP contribution in [0.25, 0.3) is 0 Å². The van der Waals surface area contributed by atoms with Crippen LogP contribution in [0.3, 0.4) is 0 Å². The van der Waals surface area contributed by atoms with Gasteiger partial charge in [-0.1, -0.05) is 11.6 Å². The molecule has 1 heterocycles. The van der Waals surface area contributed by atoms with Crippen molar-refractivity contribution in [3.63, 3.8) is 0 Å². The largest absolute Gasteiger partial charge is 0.312 e. The molecule has 0 saturated carbocycles. The first-order valence-corrected chi connectivity index (χ1v) is 5.62. The van der Waals surface area contributed by atoms with Gasteiger partial charge in [-0.05, 0) is 40.7 Å². The van der Waals surface area contributed by atoms with Crippen molar-refractivity contribution in [3.05, 3.63) is 16.4 Å². The van der Waals surface area contributed by atoms with Crippen LogP contribution in [0.2, 0.25) is 5.15 Å². The van der Waals surface area contributed by atoms with Crippen molar-refractivity contribution in [3.8, 4) is 0 Å². The fourth-order valence-corrected chi connectivity index (χ4v) is 1.79. The first-order chi connectivity index (χ1) is 6.81. The summed E-state index contributed by atoms with van der Waals surface area (Å²) in [5.74, 6) is 0. The molecule has 0 amide bonds. The van der Waals surface area contributed by atoms with Gasteiger partial charge in [-0.2, -0.15) is 5.10 Å². The molecule has 0 aliphatic rings. The van der Waals surface area contributed by atoms with Crippen molar-refractivity contribution in [1.82, 2.24) is 15.1 Å². The van der Waals surface area contributed by atoms with Gasteiger partial charge in [0, 0.05) is 18.2 Å². The van der Waals surface area contributed by atoms with E-state index in [0.717, 1.165) is 29.4 Å². The molecule has 4 heteroatoms. The number of halogens is 1. The molecular formula is C11H20ClN3. The van der Waals surface area contributed by atoms with Crippen LogP contribution in [-0.4, -0.2) is 21.9 Å². The van der Waals surface area contributed by atoms with Crippen molar-refractivity contribution in [2.24, 2.45) is 7.05 Å². The minimum Gasteiger partial charge on any atom is -0.312 e. The van der Waals surface area contributed by atoms with Crippen LogP contribution >= 0.6 is 11.6 Å².